The topological polar surface area (TPSA) is 98.9 Å². The number of rotatable bonds is 15. The fraction of sp³-hybridized carbons (Fsp3) is 0.647. The van der Waals surface area contributed by atoms with Crippen molar-refractivity contribution in [3.05, 3.63) is 40.4 Å². The van der Waals surface area contributed by atoms with Crippen LogP contribution in [0.5, 0.6) is 5.75 Å². The second-order valence-corrected chi connectivity index (χ2v) is 6.69. The van der Waals surface area contributed by atoms with Gasteiger partial charge in [-0.05, 0) is 25.0 Å². The Morgan fingerprint density at radius 1 is 1.00 bits per heavy atom. The molecule has 0 aliphatic rings. The van der Waals surface area contributed by atoms with Crippen LogP contribution in [0.4, 0.5) is 0 Å². The molecular weight excluding hydrogens is 345 g/mol. The Bertz CT molecular complexity index is 499. The summed E-state index contributed by atoms with van der Waals surface area (Å²) in [7, 11) is -3.04. The Morgan fingerprint density at radius 3 is 2.12 bits per heavy atom. The number of unbranched alkanes of at least 4 members (excludes halogenated alkanes) is 7. The monoisotopic (exact) mass is 373 g/mol. The van der Waals surface area contributed by atoms with Gasteiger partial charge in [-0.2, -0.15) is 0 Å². The Kier molecular flexibility index (Phi) is 11.9. The molecule has 1 N–H and O–H groups in total. The van der Waals surface area contributed by atoms with Gasteiger partial charge in [0.05, 0.1) is 0 Å². The van der Waals surface area contributed by atoms with Gasteiger partial charge in [-0.25, -0.2) is 0 Å². The van der Waals surface area contributed by atoms with E-state index in [4.69, 9.17) is 14.2 Å². The van der Waals surface area contributed by atoms with Crippen LogP contribution >= 0.6 is 8.25 Å². The molecule has 142 valence electrons. The standard InChI is InChI=1S/C17H28NO6P/c19-18(20)15-11-6-4-2-1-3-5-10-14-17(24-25(21)22)23-16-12-8-7-9-13-16/h7-9,12-13,17,25H,1-6,10-11,14-15H2,(H,21,22). The fourth-order valence-electron chi connectivity index (χ4n) is 2.52. The highest BCUT2D eigenvalue weighted by molar-refractivity contribution is 7.32. The second kappa shape index (κ2) is 13.8. The lowest BCUT2D eigenvalue weighted by atomic mass is 10.1. The molecule has 0 heterocycles. The lowest BCUT2D eigenvalue weighted by Gasteiger charge is -2.17. The Labute approximate surface area is 149 Å². The van der Waals surface area contributed by atoms with Crippen molar-refractivity contribution in [3.8, 4) is 5.75 Å². The van der Waals surface area contributed by atoms with Crippen molar-refractivity contribution in [2.24, 2.45) is 0 Å². The molecule has 2 atom stereocenters. The minimum Gasteiger partial charge on any atom is -0.464 e. The predicted molar refractivity (Wildman–Crippen MR) is 96.6 cm³/mol. The summed E-state index contributed by atoms with van der Waals surface area (Å²) in [6, 6.07) is 9.10. The molecule has 1 rings (SSSR count). The molecule has 8 heteroatoms. The Morgan fingerprint density at radius 2 is 1.56 bits per heavy atom. The van der Waals surface area contributed by atoms with Gasteiger partial charge in [0, 0.05) is 17.8 Å². The molecule has 25 heavy (non-hydrogen) atoms. The maximum absolute atomic E-state index is 10.9. The lowest BCUT2D eigenvalue weighted by molar-refractivity contribution is -0.480. The van der Waals surface area contributed by atoms with Crippen molar-refractivity contribution in [2.45, 2.75) is 64.1 Å². The maximum Gasteiger partial charge on any atom is 0.319 e. The number of hydrogen-bond acceptors (Lipinski definition) is 5. The van der Waals surface area contributed by atoms with E-state index in [0.29, 0.717) is 18.6 Å². The van der Waals surface area contributed by atoms with Gasteiger partial charge in [0.25, 0.3) is 0 Å². The molecule has 0 saturated heterocycles. The molecule has 0 bridgehead atoms. The van der Waals surface area contributed by atoms with Gasteiger partial charge in [-0.3, -0.25) is 19.2 Å². The van der Waals surface area contributed by atoms with Gasteiger partial charge in [0.1, 0.15) is 5.75 Å². The predicted octanol–water partition coefficient (Wildman–Crippen LogP) is 4.58. The molecule has 2 unspecified atom stereocenters. The number of ether oxygens (including phenoxy) is 1. The fourth-order valence-corrected chi connectivity index (χ4v) is 2.91. The lowest BCUT2D eigenvalue weighted by Crippen LogP contribution is -2.17. The van der Waals surface area contributed by atoms with Crippen LogP contribution in [-0.4, -0.2) is 22.7 Å². The summed E-state index contributed by atoms with van der Waals surface area (Å²) < 4.78 is 21.5. The van der Waals surface area contributed by atoms with E-state index in [2.05, 4.69) is 0 Å². The molecule has 0 radical (unpaired) electrons. The zero-order valence-electron chi connectivity index (χ0n) is 14.5. The summed E-state index contributed by atoms with van der Waals surface area (Å²) in [6.07, 6.45) is 7.56. The van der Waals surface area contributed by atoms with E-state index in [1.807, 2.05) is 18.2 Å². The van der Waals surface area contributed by atoms with Crippen molar-refractivity contribution in [1.82, 2.24) is 0 Å². The molecular formula is C17H28NO6P. The van der Waals surface area contributed by atoms with Crippen LogP contribution in [0, 0.1) is 10.1 Å². The van der Waals surface area contributed by atoms with E-state index < -0.39 is 14.5 Å². The minimum absolute atomic E-state index is 0.0663. The molecule has 0 saturated carbocycles. The number of hydrogen-bond donors (Lipinski definition) is 1. The van der Waals surface area contributed by atoms with E-state index in [1.54, 1.807) is 12.1 Å². The Balaban J connectivity index is 2.09. The van der Waals surface area contributed by atoms with Crippen molar-refractivity contribution >= 4 is 8.25 Å². The molecule has 7 nitrogen and oxygen atoms in total. The molecule has 1 aromatic rings. The van der Waals surface area contributed by atoms with Crippen LogP contribution in [0.25, 0.3) is 0 Å². The molecule has 0 aliphatic carbocycles. The van der Waals surface area contributed by atoms with E-state index in [0.717, 1.165) is 44.9 Å². The zero-order valence-corrected chi connectivity index (χ0v) is 15.5. The molecule has 0 aliphatic heterocycles. The first-order valence-electron chi connectivity index (χ1n) is 8.81. The van der Waals surface area contributed by atoms with E-state index in [-0.39, 0.29) is 11.5 Å². The third-order valence-electron chi connectivity index (χ3n) is 3.77. The highest BCUT2D eigenvalue weighted by Crippen LogP contribution is 2.24. The van der Waals surface area contributed by atoms with Crippen LogP contribution < -0.4 is 4.74 Å². The van der Waals surface area contributed by atoms with Gasteiger partial charge in [0.15, 0.2) is 0 Å². The number of para-hydroxylation sites is 1. The Hall–Kier alpha value is -1.43. The molecule has 1 aromatic carbocycles. The van der Waals surface area contributed by atoms with Gasteiger partial charge < -0.3 is 9.63 Å². The average Bonchev–Trinajstić information content (AvgIpc) is 2.56. The molecule has 0 aromatic heterocycles. The normalized spacial score (nSPS) is 13.3. The number of benzene rings is 1. The molecule has 0 amide bonds. The third-order valence-corrected chi connectivity index (χ3v) is 4.24. The average molecular weight is 373 g/mol. The van der Waals surface area contributed by atoms with Crippen LogP contribution in [0.2, 0.25) is 0 Å². The number of nitro groups is 1. The van der Waals surface area contributed by atoms with Crippen LogP contribution in [0.1, 0.15) is 57.8 Å². The smallest absolute Gasteiger partial charge is 0.319 e. The minimum atomic E-state index is -3.04. The van der Waals surface area contributed by atoms with Crippen LogP contribution in [-0.2, 0) is 9.09 Å². The van der Waals surface area contributed by atoms with Crippen molar-refractivity contribution < 1.29 is 23.6 Å². The summed E-state index contributed by atoms with van der Waals surface area (Å²) >= 11 is 0. The van der Waals surface area contributed by atoms with E-state index in [9.17, 15) is 14.7 Å². The van der Waals surface area contributed by atoms with Crippen molar-refractivity contribution in [3.63, 3.8) is 0 Å². The van der Waals surface area contributed by atoms with Crippen LogP contribution in [0.3, 0.4) is 0 Å². The summed E-state index contributed by atoms with van der Waals surface area (Å²) in [4.78, 5) is 18.9. The highest BCUT2D eigenvalue weighted by atomic mass is 31.1. The maximum atomic E-state index is 10.9. The summed E-state index contributed by atoms with van der Waals surface area (Å²) in [6.45, 7) is 0.0663. The van der Waals surface area contributed by atoms with Gasteiger partial charge in [-0.15, -0.1) is 0 Å². The molecule has 0 fully saturated rings. The summed E-state index contributed by atoms with van der Waals surface area (Å²) in [5, 5.41) is 10.2. The summed E-state index contributed by atoms with van der Waals surface area (Å²) in [5.74, 6) is 0.616. The second-order valence-electron chi connectivity index (χ2n) is 5.92. The highest BCUT2D eigenvalue weighted by Gasteiger charge is 2.13. The van der Waals surface area contributed by atoms with Crippen molar-refractivity contribution in [2.75, 3.05) is 6.54 Å². The van der Waals surface area contributed by atoms with Crippen molar-refractivity contribution in [1.29, 1.82) is 0 Å². The molecule has 0 spiro atoms. The quantitative estimate of drug-likeness (QED) is 0.159. The first-order valence-corrected chi connectivity index (χ1v) is 10.1. The van der Waals surface area contributed by atoms with Gasteiger partial charge >= 0.3 is 8.25 Å². The zero-order chi connectivity index (χ0) is 18.3. The van der Waals surface area contributed by atoms with Gasteiger partial charge in [-0.1, -0.05) is 50.3 Å². The SMILES string of the molecule is O=[N+]([O-])CCCCCCCCCCC(Oc1ccccc1)O[PH](=O)O. The van der Waals surface area contributed by atoms with E-state index >= 15 is 0 Å². The largest absolute Gasteiger partial charge is 0.464 e. The number of nitrogens with zero attached hydrogens (tertiary/aromatic N) is 1. The third kappa shape index (κ3) is 12.6. The summed E-state index contributed by atoms with van der Waals surface area (Å²) in [5.41, 5.74) is 0. The van der Waals surface area contributed by atoms with E-state index in [1.165, 1.54) is 0 Å². The first-order chi connectivity index (χ1) is 12.1. The van der Waals surface area contributed by atoms with Gasteiger partial charge in [0.2, 0.25) is 12.8 Å². The van der Waals surface area contributed by atoms with Crippen LogP contribution in [0.15, 0.2) is 30.3 Å². The first kappa shape index (κ1) is 21.6.